The Morgan fingerprint density at radius 2 is 2.05 bits per heavy atom. The van der Waals surface area contributed by atoms with E-state index in [9.17, 15) is 4.79 Å². The lowest BCUT2D eigenvalue weighted by Gasteiger charge is -2.14. The third-order valence-electron chi connectivity index (χ3n) is 3.34. The van der Waals surface area contributed by atoms with Crippen LogP contribution >= 0.6 is 11.8 Å². The van der Waals surface area contributed by atoms with Gasteiger partial charge in [-0.25, -0.2) is 4.98 Å². The molecule has 0 aliphatic heterocycles. The Morgan fingerprint density at radius 1 is 1.33 bits per heavy atom. The Balaban J connectivity index is 2.06. The fraction of sp³-hybridized carbons (Fsp3) is 0.571. The first-order chi connectivity index (χ1) is 10.0. The average Bonchev–Trinajstić information content (AvgIpc) is 2.85. The van der Waals surface area contributed by atoms with Gasteiger partial charge in [-0.3, -0.25) is 9.20 Å². The summed E-state index contributed by atoms with van der Waals surface area (Å²) in [7, 11) is 0. The Hall–Kier alpha value is -1.63. The summed E-state index contributed by atoms with van der Waals surface area (Å²) in [6.45, 7) is 7.99. The number of aryl methyl sites for hydroxylation is 2. The topological polar surface area (TPSA) is 72.2 Å². The predicted molar refractivity (Wildman–Crippen MR) is 83.5 cm³/mol. The van der Waals surface area contributed by atoms with Gasteiger partial charge in [-0.15, -0.1) is 10.2 Å². The Labute approximate surface area is 128 Å². The number of rotatable bonds is 6. The molecule has 1 amide bonds. The zero-order chi connectivity index (χ0) is 15.4. The van der Waals surface area contributed by atoms with Gasteiger partial charge in [0.1, 0.15) is 5.82 Å². The van der Waals surface area contributed by atoms with E-state index in [1.807, 2.05) is 24.3 Å². The van der Waals surface area contributed by atoms with Crippen LogP contribution in [0.5, 0.6) is 0 Å². The molecule has 0 fully saturated rings. The molecular formula is C14H21N5OS. The van der Waals surface area contributed by atoms with Gasteiger partial charge in [-0.05, 0) is 26.7 Å². The highest BCUT2D eigenvalue weighted by molar-refractivity contribution is 7.99. The molecular weight excluding hydrogens is 286 g/mol. The lowest BCUT2D eigenvalue weighted by Crippen LogP contribution is -2.35. The molecule has 2 aromatic heterocycles. The Kier molecular flexibility index (Phi) is 5.17. The van der Waals surface area contributed by atoms with Gasteiger partial charge in [-0.2, -0.15) is 0 Å². The fourth-order valence-electron chi connectivity index (χ4n) is 2.19. The van der Waals surface area contributed by atoms with Crippen LogP contribution in [0.15, 0.2) is 11.2 Å². The van der Waals surface area contributed by atoms with Gasteiger partial charge in [0.25, 0.3) is 0 Å². The molecule has 2 rings (SSSR count). The molecule has 1 N–H and O–H groups in total. The maximum absolute atomic E-state index is 11.9. The molecule has 0 saturated carbocycles. The van der Waals surface area contributed by atoms with Crippen molar-refractivity contribution in [1.82, 2.24) is 24.9 Å². The van der Waals surface area contributed by atoms with Crippen LogP contribution in [0.3, 0.4) is 0 Å². The standard InChI is InChI=1S/C14H21N5OS/c1-5-11(6-2)16-13(20)8-21-14-18-17-12-7-9(3)15-10(4)19(12)14/h7,11H,5-6,8H2,1-4H3,(H,16,20). The number of nitrogens with zero attached hydrogens (tertiary/aromatic N) is 4. The minimum absolute atomic E-state index is 0.0307. The maximum Gasteiger partial charge on any atom is 0.230 e. The summed E-state index contributed by atoms with van der Waals surface area (Å²) in [4.78, 5) is 16.3. The molecule has 0 spiro atoms. The molecule has 2 aromatic rings. The molecule has 0 unspecified atom stereocenters. The van der Waals surface area contributed by atoms with Gasteiger partial charge in [0.2, 0.25) is 5.91 Å². The van der Waals surface area contributed by atoms with E-state index in [4.69, 9.17) is 0 Å². The van der Waals surface area contributed by atoms with Crippen LogP contribution in [-0.2, 0) is 4.79 Å². The van der Waals surface area contributed by atoms with Gasteiger partial charge in [-0.1, -0.05) is 25.6 Å². The zero-order valence-electron chi connectivity index (χ0n) is 12.9. The fourth-order valence-corrected chi connectivity index (χ4v) is 2.99. The summed E-state index contributed by atoms with van der Waals surface area (Å²) in [5.41, 5.74) is 1.68. The van der Waals surface area contributed by atoms with E-state index in [1.54, 1.807) is 0 Å². The van der Waals surface area contributed by atoms with E-state index in [1.165, 1.54) is 11.8 Å². The molecule has 0 aromatic carbocycles. The predicted octanol–water partition coefficient (Wildman–Crippen LogP) is 2.14. The van der Waals surface area contributed by atoms with Gasteiger partial charge < -0.3 is 5.32 Å². The smallest absolute Gasteiger partial charge is 0.230 e. The lowest BCUT2D eigenvalue weighted by atomic mass is 10.2. The number of hydrogen-bond acceptors (Lipinski definition) is 5. The third kappa shape index (κ3) is 3.72. The minimum Gasteiger partial charge on any atom is -0.353 e. The van der Waals surface area contributed by atoms with Crippen LogP contribution < -0.4 is 5.32 Å². The first-order valence-electron chi connectivity index (χ1n) is 7.16. The van der Waals surface area contributed by atoms with E-state index in [0.29, 0.717) is 10.9 Å². The molecule has 0 saturated heterocycles. The number of aromatic nitrogens is 4. The first-order valence-corrected chi connectivity index (χ1v) is 8.15. The second-order valence-electron chi connectivity index (χ2n) is 4.99. The van der Waals surface area contributed by atoms with Crippen molar-refractivity contribution >= 4 is 23.3 Å². The van der Waals surface area contributed by atoms with Crippen LogP contribution in [-0.4, -0.2) is 37.3 Å². The summed E-state index contributed by atoms with van der Waals surface area (Å²) in [5.74, 6) is 1.20. The normalized spacial score (nSPS) is 11.3. The van der Waals surface area contributed by atoms with E-state index >= 15 is 0 Å². The van der Waals surface area contributed by atoms with Crippen molar-refractivity contribution in [3.8, 4) is 0 Å². The van der Waals surface area contributed by atoms with Gasteiger partial charge in [0, 0.05) is 17.8 Å². The number of carbonyl (C=O) groups is 1. The largest absolute Gasteiger partial charge is 0.353 e. The molecule has 114 valence electrons. The van der Waals surface area contributed by atoms with Crippen molar-refractivity contribution < 1.29 is 4.79 Å². The number of carbonyl (C=O) groups excluding carboxylic acids is 1. The van der Waals surface area contributed by atoms with Gasteiger partial charge in [0.15, 0.2) is 10.8 Å². The highest BCUT2D eigenvalue weighted by atomic mass is 32.2. The molecule has 2 heterocycles. The van der Waals surface area contributed by atoms with Crippen molar-refractivity contribution in [2.75, 3.05) is 5.75 Å². The number of thioether (sulfide) groups is 1. The van der Waals surface area contributed by atoms with Crippen LogP contribution in [0.4, 0.5) is 0 Å². The number of hydrogen-bond donors (Lipinski definition) is 1. The maximum atomic E-state index is 11.9. The van der Waals surface area contributed by atoms with E-state index in [0.717, 1.165) is 30.0 Å². The Bertz CT molecular complexity index is 636. The lowest BCUT2D eigenvalue weighted by molar-refractivity contribution is -0.119. The van der Waals surface area contributed by atoms with E-state index in [2.05, 4.69) is 34.3 Å². The molecule has 0 aliphatic carbocycles. The zero-order valence-corrected chi connectivity index (χ0v) is 13.7. The summed E-state index contributed by atoms with van der Waals surface area (Å²) < 4.78 is 1.88. The van der Waals surface area contributed by atoms with Crippen molar-refractivity contribution in [1.29, 1.82) is 0 Å². The monoisotopic (exact) mass is 307 g/mol. The molecule has 0 bridgehead atoms. The molecule has 7 heteroatoms. The SMILES string of the molecule is CCC(CC)NC(=O)CSc1nnc2cc(C)nc(C)n12. The highest BCUT2D eigenvalue weighted by Gasteiger charge is 2.13. The molecule has 0 atom stereocenters. The molecule has 0 aliphatic rings. The van der Waals surface area contributed by atoms with E-state index in [-0.39, 0.29) is 11.9 Å². The van der Waals surface area contributed by atoms with Crippen molar-refractivity contribution in [2.45, 2.75) is 51.7 Å². The minimum atomic E-state index is 0.0307. The van der Waals surface area contributed by atoms with Crippen LogP contribution in [0, 0.1) is 13.8 Å². The van der Waals surface area contributed by atoms with Crippen LogP contribution in [0.25, 0.3) is 5.65 Å². The van der Waals surface area contributed by atoms with Crippen LogP contribution in [0.2, 0.25) is 0 Å². The highest BCUT2D eigenvalue weighted by Crippen LogP contribution is 2.18. The second kappa shape index (κ2) is 6.89. The summed E-state index contributed by atoms with van der Waals surface area (Å²) in [6, 6.07) is 2.13. The average molecular weight is 307 g/mol. The summed E-state index contributed by atoms with van der Waals surface area (Å²) in [5, 5.41) is 12.0. The quantitative estimate of drug-likeness (QED) is 0.828. The second-order valence-corrected chi connectivity index (χ2v) is 5.93. The van der Waals surface area contributed by atoms with Crippen molar-refractivity contribution in [3.63, 3.8) is 0 Å². The Morgan fingerprint density at radius 3 is 2.71 bits per heavy atom. The number of amides is 1. The van der Waals surface area contributed by atoms with Crippen molar-refractivity contribution in [3.05, 3.63) is 17.6 Å². The van der Waals surface area contributed by atoms with Crippen LogP contribution in [0.1, 0.15) is 38.2 Å². The third-order valence-corrected chi connectivity index (χ3v) is 4.27. The van der Waals surface area contributed by atoms with Gasteiger partial charge >= 0.3 is 0 Å². The van der Waals surface area contributed by atoms with Crippen molar-refractivity contribution in [2.24, 2.45) is 0 Å². The molecule has 0 radical (unpaired) electrons. The van der Waals surface area contributed by atoms with Gasteiger partial charge in [0.05, 0.1) is 5.75 Å². The first kappa shape index (κ1) is 15.8. The number of fused-ring (bicyclic) bond motifs is 1. The summed E-state index contributed by atoms with van der Waals surface area (Å²) in [6.07, 6.45) is 1.89. The summed E-state index contributed by atoms with van der Waals surface area (Å²) >= 11 is 1.38. The molecule has 6 nitrogen and oxygen atoms in total. The number of nitrogens with one attached hydrogen (secondary N) is 1. The molecule has 21 heavy (non-hydrogen) atoms. The van der Waals surface area contributed by atoms with E-state index < -0.39 is 0 Å².